The van der Waals surface area contributed by atoms with E-state index < -0.39 is 7.14 Å². The average molecular weight is 428 g/mol. The third-order valence-electron chi connectivity index (χ3n) is 5.91. The second-order valence-corrected chi connectivity index (χ2v) is 11.6. The summed E-state index contributed by atoms with van der Waals surface area (Å²) in [5.74, 6) is 1.09. The molecule has 3 saturated heterocycles. The Hall–Kier alpha value is -2.71. The predicted octanol–water partition coefficient (Wildman–Crippen LogP) is 0.334. The van der Waals surface area contributed by atoms with Crippen molar-refractivity contribution in [2.45, 2.75) is 31.5 Å². The Morgan fingerprint density at radius 2 is 2.10 bits per heavy atom. The first-order valence-corrected chi connectivity index (χ1v) is 12.7. The molecule has 0 saturated carbocycles. The highest BCUT2D eigenvalue weighted by Gasteiger charge is 2.33. The summed E-state index contributed by atoms with van der Waals surface area (Å²) in [6.07, 6.45) is 4.21. The quantitative estimate of drug-likeness (QED) is 0.506. The SMILES string of the molecule is CP(C)(=O)c1nc(N)c2[nH]c(=O)n(Cc3ccc(N4CC5CCC4CN5)nc3)c2n1. The van der Waals surface area contributed by atoms with E-state index in [-0.39, 0.29) is 23.6 Å². The molecule has 3 aliphatic rings. The minimum absolute atomic E-state index is 0.122. The second kappa shape index (κ2) is 6.92. The van der Waals surface area contributed by atoms with Crippen LogP contribution in [0.1, 0.15) is 18.4 Å². The van der Waals surface area contributed by atoms with Gasteiger partial charge < -0.3 is 25.5 Å². The van der Waals surface area contributed by atoms with Gasteiger partial charge in [-0.15, -0.1) is 0 Å². The molecule has 0 amide bonds. The summed E-state index contributed by atoms with van der Waals surface area (Å²) in [6, 6.07) is 5.02. The maximum absolute atomic E-state index is 12.5. The first-order valence-electron chi connectivity index (χ1n) is 10.1. The number of rotatable bonds is 4. The van der Waals surface area contributed by atoms with Crippen molar-refractivity contribution >= 4 is 35.5 Å². The number of aromatic nitrogens is 5. The lowest BCUT2D eigenvalue weighted by atomic mass is 9.93. The number of piperazine rings is 1. The molecule has 0 radical (unpaired) electrons. The van der Waals surface area contributed by atoms with E-state index in [0.29, 0.717) is 23.2 Å². The Bertz CT molecular complexity index is 1200. The number of nitrogens with one attached hydrogen (secondary N) is 2. The maximum atomic E-state index is 12.5. The largest absolute Gasteiger partial charge is 0.382 e. The Kier molecular flexibility index (Phi) is 4.44. The van der Waals surface area contributed by atoms with Gasteiger partial charge >= 0.3 is 5.69 Å². The van der Waals surface area contributed by atoms with Crippen molar-refractivity contribution in [3.63, 3.8) is 0 Å². The Morgan fingerprint density at radius 3 is 2.70 bits per heavy atom. The molecule has 4 N–H and O–H groups in total. The van der Waals surface area contributed by atoms with Crippen LogP contribution in [-0.4, -0.2) is 63.0 Å². The van der Waals surface area contributed by atoms with Crippen LogP contribution in [-0.2, 0) is 11.1 Å². The van der Waals surface area contributed by atoms with Crippen LogP contribution in [0.4, 0.5) is 11.6 Å². The minimum atomic E-state index is -2.72. The van der Waals surface area contributed by atoms with Gasteiger partial charge in [0.05, 0.1) is 6.54 Å². The number of aromatic amines is 1. The molecule has 3 aliphatic heterocycles. The molecule has 0 aliphatic carbocycles. The van der Waals surface area contributed by atoms with Gasteiger partial charge in [-0.1, -0.05) is 6.07 Å². The molecule has 2 unspecified atom stereocenters. The minimum Gasteiger partial charge on any atom is -0.382 e. The van der Waals surface area contributed by atoms with Gasteiger partial charge in [-0.3, -0.25) is 4.57 Å². The number of nitrogens with zero attached hydrogens (tertiary/aromatic N) is 5. The molecule has 2 bridgehead atoms. The normalized spacial score (nSPS) is 21.5. The van der Waals surface area contributed by atoms with Crippen LogP contribution in [0.3, 0.4) is 0 Å². The Labute approximate surface area is 173 Å². The topological polar surface area (TPSA) is 135 Å². The van der Waals surface area contributed by atoms with Crippen LogP contribution in [0, 0.1) is 0 Å². The second-order valence-electron chi connectivity index (χ2n) is 8.49. The molecular formula is C19H25N8O2P. The fourth-order valence-electron chi connectivity index (χ4n) is 4.28. The van der Waals surface area contributed by atoms with E-state index in [1.54, 1.807) is 19.5 Å². The number of imidazole rings is 1. The fourth-order valence-corrected chi connectivity index (χ4v) is 4.96. The lowest BCUT2D eigenvalue weighted by Gasteiger charge is -2.46. The zero-order valence-corrected chi connectivity index (χ0v) is 17.9. The van der Waals surface area contributed by atoms with Crippen LogP contribution in [0.15, 0.2) is 23.1 Å². The third-order valence-corrected chi connectivity index (χ3v) is 7.08. The van der Waals surface area contributed by atoms with E-state index in [1.807, 2.05) is 12.1 Å². The van der Waals surface area contributed by atoms with E-state index in [0.717, 1.165) is 24.5 Å². The van der Waals surface area contributed by atoms with Crippen molar-refractivity contribution in [1.29, 1.82) is 0 Å². The van der Waals surface area contributed by atoms with Crippen molar-refractivity contribution < 1.29 is 4.57 Å². The molecule has 158 valence electrons. The number of hydrogen-bond donors (Lipinski definition) is 3. The zero-order chi connectivity index (χ0) is 21.0. The smallest absolute Gasteiger partial charge is 0.328 e. The molecule has 11 heteroatoms. The summed E-state index contributed by atoms with van der Waals surface area (Å²) >= 11 is 0. The molecule has 0 aromatic carbocycles. The Morgan fingerprint density at radius 1 is 1.27 bits per heavy atom. The van der Waals surface area contributed by atoms with E-state index in [1.165, 1.54) is 17.4 Å². The molecule has 6 heterocycles. The highest BCUT2D eigenvalue weighted by molar-refractivity contribution is 7.69. The van der Waals surface area contributed by atoms with E-state index >= 15 is 0 Å². The van der Waals surface area contributed by atoms with Crippen molar-refractivity contribution in [2.24, 2.45) is 0 Å². The number of hydrogen-bond acceptors (Lipinski definition) is 8. The third kappa shape index (κ3) is 3.30. The Balaban J connectivity index is 1.46. The molecular weight excluding hydrogens is 403 g/mol. The highest BCUT2D eigenvalue weighted by Crippen LogP contribution is 2.33. The van der Waals surface area contributed by atoms with E-state index in [2.05, 4.69) is 30.2 Å². The number of H-pyrrole nitrogens is 1. The fraction of sp³-hybridized carbons (Fsp3) is 0.474. The molecule has 3 fully saturated rings. The van der Waals surface area contributed by atoms with Crippen LogP contribution < -0.4 is 27.2 Å². The number of pyridine rings is 1. The summed E-state index contributed by atoms with van der Waals surface area (Å²) in [5, 5.41) is 3.55. The molecule has 30 heavy (non-hydrogen) atoms. The first-order chi connectivity index (χ1) is 14.3. The highest BCUT2D eigenvalue weighted by atomic mass is 31.2. The maximum Gasteiger partial charge on any atom is 0.328 e. The van der Waals surface area contributed by atoms with Gasteiger partial charge in [0.15, 0.2) is 17.0 Å². The standard InChI is InChI=1S/C19H25N8O2P/c1-30(2,29)18-24-16(20)15-17(25-18)27(19(28)23-15)9-11-3-6-14(22-7-11)26-10-12-4-5-13(26)8-21-12/h3,6-7,12-13,21H,4-5,8-10H2,1-2H3,(H,23,28)(H2,20,24,25). The summed E-state index contributed by atoms with van der Waals surface area (Å²) in [7, 11) is -2.72. The number of nitrogens with two attached hydrogens (primary N) is 1. The molecule has 2 atom stereocenters. The number of nitrogen functional groups attached to an aromatic ring is 1. The molecule has 10 nitrogen and oxygen atoms in total. The number of anilines is 2. The molecule has 3 aromatic heterocycles. The lowest BCUT2D eigenvalue weighted by Crippen LogP contribution is -2.61. The average Bonchev–Trinajstić information content (AvgIpc) is 3.05. The van der Waals surface area contributed by atoms with E-state index in [4.69, 9.17) is 5.73 Å². The van der Waals surface area contributed by atoms with Gasteiger partial charge in [0.2, 0.25) is 0 Å². The van der Waals surface area contributed by atoms with Gasteiger partial charge in [-0.25, -0.2) is 19.7 Å². The summed E-state index contributed by atoms with van der Waals surface area (Å²) < 4.78 is 13.9. The molecule has 0 spiro atoms. The monoisotopic (exact) mass is 428 g/mol. The number of piperidine rings is 2. The van der Waals surface area contributed by atoms with Gasteiger partial charge in [-0.2, -0.15) is 0 Å². The van der Waals surface area contributed by atoms with Crippen molar-refractivity contribution in [3.8, 4) is 0 Å². The lowest BCUT2D eigenvalue weighted by molar-refractivity contribution is 0.289. The van der Waals surface area contributed by atoms with Crippen molar-refractivity contribution in [3.05, 3.63) is 34.4 Å². The zero-order valence-electron chi connectivity index (χ0n) is 17.0. The first kappa shape index (κ1) is 19.3. The molecule has 6 rings (SSSR count). The number of fused-ring (bicyclic) bond motifs is 4. The molecule has 3 aromatic rings. The van der Waals surface area contributed by atoms with Crippen molar-refractivity contribution in [2.75, 3.05) is 37.1 Å². The van der Waals surface area contributed by atoms with Crippen LogP contribution in [0.5, 0.6) is 0 Å². The van der Waals surface area contributed by atoms with Crippen LogP contribution >= 0.6 is 7.14 Å². The van der Waals surface area contributed by atoms with Gasteiger partial charge in [-0.05, 0) is 37.8 Å². The van der Waals surface area contributed by atoms with E-state index in [9.17, 15) is 9.36 Å². The van der Waals surface area contributed by atoms with Gasteiger partial charge in [0.1, 0.15) is 18.5 Å². The van der Waals surface area contributed by atoms with Gasteiger partial charge in [0, 0.05) is 31.4 Å². The van der Waals surface area contributed by atoms with Crippen LogP contribution in [0.25, 0.3) is 11.2 Å². The summed E-state index contributed by atoms with van der Waals surface area (Å²) in [6.45, 7) is 5.42. The summed E-state index contributed by atoms with van der Waals surface area (Å²) in [5.41, 5.74) is 7.40. The predicted molar refractivity (Wildman–Crippen MR) is 117 cm³/mol. The van der Waals surface area contributed by atoms with Crippen molar-refractivity contribution in [1.82, 2.24) is 29.8 Å². The summed E-state index contributed by atoms with van der Waals surface area (Å²) in [4.78, 5) is 30.8. The van der Waals surface area contributed by atoms with Gasteiger partial charge in [0.25, 0.3) is 0 Å². The van der Waals surface area contributed by atoms with Crippen LogP contribution in [0.2, 0.25) is 0 Å².